The first-order valence-electron chi connectivity index (χ1n) is 5.78. The van der Waals surface area contributed by atoms with E-state index >= 15 is 0 Å². The molecule has 0 aliphatic carbocycles. The van der Waals surface area contributed by atoms with E-state index in [4.69, 9.17) is 15.7 Å². The van der Waals surface area contributed by atoms with Gasteiger partial charge in [-0.3, -0.25) is 0 Å². The number of nitrogens with one attached hydrogen (secondary N) is 1. The van der Waals surface area contributed by atoms with Gasteiger partial charge in [-0.25, -0.2) is 0 Å². The van der Waals surface area contributed by atoms with E-state index in [1.54, 1.807) is 18.2 Å². The Hall–Kier alpha value is -1.73. The van der Waals surface area contributed by atoms with Crippen molar-refractivity contribution in [1.29, 1.82) is 5.26 Å². The van der Waals surface area contributed by atoms with Crippen molar-refractivity contribution >= 4 is 11.4 Å². The molecule has 4 heteroatoms. The van der Waals surface area contributed by atoms with E-state index in [1.807, 2.05) is 0 Å². The average Bonchev–Trinajstić information content (AvgIpc) is 2.33. The van der Waals surface area contributed by atoms with E-state index in [1.165, 1.54) is 0 Å². The lowest BCUT2D eigenvalue weighted by Gasteiger charge is -2.35. The molecule has 0 amide bonds. The molecule has 90 valence electrons. The largest absolute Gasteiger partial charge is 0.397 e. The number of hydrogen-bond donors (Lipinski definition) is 2. The minimum Gasteiger partial charge on any atom is -0.397 e. The zero-order valence-corrected chi connectivity index (χ0v) is 9.99. The summed E-state index contributed by atoms with van der Waals surface area (Å²) in [5.74, 6) is 0. The van der Waals surface area contributed by atoms with Crippen LogP contribution >= 0.6 is 0 Å². The number of nitrogens with two attached hydrogens (primary N) is 1. The molecule has 1 fully saturated rings. The van der Waals surface area contributed by atoms with Gasteiger partial charge in [0, 0.05) is 6.61 Å². The summed E-state index contributed by atoms with van der Waals surface area (Å²) in [6.07, 6.45) is 2.09. The molecule has 4 nitrogen and oxygen atoms in total. The van der Waals surface area contributed by atoms with Crippen molar-refractivity contribution in [1.82, 2.24) is 0 Å². The summed E-state index contributed by atoms with van der Waals surface area (Å²) >= 11 is 0. The van der Waals surface area contributed by atoms with Crippen LogP contribution in [0.15, 0.2) is 18.2 Å². The lowest BCUT2D eigenvalue weighted by Crippen LogP contribution is -2.43. The van der Waals surface area contributed by atoms with Crippen LogP contribution in [0.5, 0.6) is 0 Å². The molecule has 0 radical (unpaired) electrons. The Morgan fingerprint density at radius 1 is 1.53 bits per heavy atom. The first-order chi connectivity index (χ1) is 8.13. The van der Waals surface area contributed by atoms with Crippen LogP contribution < -0.4 is 11.1 Å². The third kappa shape index (κ3) is 2.69. The monoisotopic (exact) mass is 231 g/mol. The SMILES string of the molecule is CC1(Nc2cc(C#N)ccc2N)CCCOC1. The van der Waals surface area contributed by atoms with Crippen molar-refractivity contribution in [2.24, 2.45) is 0 Å². The van der Waals surface area contributed by atoms with Crippen molar-refractivity contribution in [2.45, 2.75) is 25.3 Å². The Balaban J connectivity index is 2.20. The maximum atomic E-state index is 8.88. The molecule has 1 aromatic rings. The summed E-state index contributed by atoms with van der Waals surface area (Å²) in [5.41, 5.74) is 7.90. The van der Waals surface area contributed by atoms with E-state index in [2.05, 4.69) is 18.3 Å². The number of hydrogen-bond acceptors (Lipinski definition) is 4. The van der Waals surface area contributed by atoms with Crippen molar-refractivity contribution in [3.8, 4) is 6.07 Å². The van der Waals surface area contributed by atoms with Gasteiger partial charge in [-0.05, 0) is 38.0 Å². The number of benzene rings is 1. The predicted octanol–water partition coefficient (Wildman–Crippen LogP) is 2.12. The zero-order valence-electron chi connectivity index (χ0n) is 9.99. The van der Waals surface area contributed by atoms with Gasteiger partial charge < -0.3 is 15.8 Å². The standard InChI is InChI=1S/C13H17N3O/c1-13(5-2-6-17-9-13)16-12-7-10(8-14)3-4-11(12)15/h3-4,7,16H,2,5-6,9,15H2,1H3. The topological polar surface area (TPSA) is 71.1 Å². The first kappa shape index (κ1) is 11.7. The minimum absolute atomic E-state index is 0.0968. The molecule has 1 atom stereocenters. The first-order valence-corrected chi connectivity index (χ1v) is 5.78. The molecule has 17 heavy (non-hydrogen) atoms. The Morgan fingerprint density at radius 3 is 3.00 bits per heavy atom. The molecule has 0 bridgehead atoms. The molecule has 0 aromatic heterocycles. The highest BCUT2D eigenvalue weighted by Gasteiger charge is 2.27. The fourth-order valence-corrected chi connectivity index (χ4v) is 2.09. The molecular weight excluding hydrogens is 214 g/mol. The van der Waals surface area contributed by atoms with Gasteiger partial charge in [0.2, 0.25) is 0 Å². The highest BCUT2D eigenvalue weighted by atomic mass is 16.5. The number of rotatable bonds is 2. The van der Waals surface area contributed by atoms with Crippen LogP contribution in [-0.4, -0.2) is 18.8 Å². The Bertz CT molecular complexity index is 444. The van der Waals surface area contributed by atoms with Gasteiger partial charge in [0.1, 0.15) is 0 Å². The van der Waals surface area contributed by atoms with Crippen LogP contribution in [0.4, 0.5) is 11.4 Å². The fourth-order valence-electron chi connectivity index (χ4n) is 2.09. The van der Waals surface area contributed by atoms with E-state index in [9.17, 15) is 0 Å². The minimum atomic E-state index is -0.0968. The number of nitriles is 1. The van der Waals surface area contributed by atoms with Crippen LogP contribution in [-0.2, 0) is 4.74 Å². The third-order valence-electron chi connectivity index (χ3n) is 3.06. The normalized spacial score (nSPS) is 24.0. The lowest BCUT2D eigenvalue weighted by atomic mass is 9.94. The van der Waals surface area contributed by atoms with Gasteiger partial charge in [-0.15, -0.1) is 0 Å². The van der Waals surface area contributed by atoms with Crippen LogP contribution in [0, 0.1) is 11.3 Å². The fraction of sp³-hybridized carbons (Fsp3) is 0.462. The lowest BCUT2D eigenvalue weighted by molar-refractivity contribution is 0.0540. The maximum Gasteiger partial charge on any atom is 0.0992 e. The van der Waals surface area contributed by atoms with Crippen molar-refractivity contribution in [2.75, 3.05) is 24.3 Å². The molecule has 1 saturated heterocycles. The molecule has 1 aliphatic rings. The Kier molecular flexibility index (Phi) is 3.21. The van der Waals surface area contributed by atoms with Crippen LogP contribution in [0.25, 0.3) is 0 Å². The molecular formula is C13H17N3O. The second kappa shape index (κ2) is 4.64. The molecule has 1 unspecified atom stereocenters. The molecule has 1 aromatic carbocycles. The number of nitrogens with zero attached hydrogens (tertiary/aromatic N) is 1. The van der Waals surface area contributed by atoms with E-state index in [-0.39, 0.29) is 5.54 Å². The number of nitrogen functional groups attached to an aromatic ring is 1. The summed E-state index contributed by atoms with van der Waals surface area (Å²) in [6, 6.07) is 7.38. The van der Waals surface area contributed by atoms with Gasteiger partial charge in [-0.1, -0.05) is 0 Å². The van der Waals surface area contributed by atoms with Crippen molar-refractivity contribution in [3.63, 3.8) is 0 Å². The average molecular weight is 231 g/mol. The van der Waals surface area contributed by atoms with Gasteiger partial charge in [0.15, 0.2) is 0 Å². The van der Waals surface area contributed by atoms with E-state index < -0.39 is 0 Å². The predicted molar refractivity (Wildman–Crippen MR) is 67.7 cm³/mol. The van der Waals surface area contributed by atoms with E-state index in [0.717, 1.165) is 25.1 Å². The maximum absolute atomic E-state index is 8.88. The number of anilines is 2. The molecule has 2 rings (SSSR count). The Labute approximate surface area is 101 Å². The van der Waals surface area contributed by atoms with Crippen LogP contribution in [0.3, 0.4) is 0 Å². The highest BCUT2D eigenvalue weighted by molar-refractivity contribution is 5.69. The summed E-state index contributed by atoms with van der Waals surface area (Å²) in [7, 11) is 0. The molecule has 3 N–H and O–H groups in total. The molecule has 1 heterocycles. The van der Waals surface area contributed by atoms with Crippen molar-refractivity contribution < 1.29 is 4.74 Å². The van der Waals surface area contributed by atoms with Gasteiger partial charge in [0.25, 0.3) is 0 Å². The number of ether oxygens (including phenoxy) is 1. The van der Waals surface area contributed by atoms with Gasteiger partial charge in [-0.2, -0.15) is 5.26 Å². The van der Waals surface area contributed by atoms with Gasteiger partial charge >= 0.3 is 0 Å². The van der Waals surface area contributed by atoms with E-state index in [0.29, 0.717) is 17.9 Å². The van der Waals surface area contributed by atoms with Gasteiger partial charge in [0.05, 0.1) is 35.2 Å². The second-order valence-electron chi connectivity index (χ2n) is 4.76. The molecule has 0 saturated carbocycles. The third-order valence-corrected chi connectivity index (χ3v) is 3.06. The summed E-state index contributed by atoms with van der Waals surface area (Å²) in [5, 5.41) is 12.3. The molecule has 1 aliphatic heterocycles. The van der Waals surface area contributed by atoms with Crippen molar-refractivity contribution in [3.05, 3.63) is 23.8 Å². The summed E-state index contributed by atoms with van der Waals surface area (Å²) < 4.78 is 5.49. The second-order valence-corrected chi connectivity index (χ2v) is 4.76. The zero-order chi connectivity index (χ0) is 12.3. The molecule has 0 spiro atoms. The summed E-state index contributed by atoms with van der Waals surface area (Å²) in [4.78, 5) is 0. The quantitative estimate of drug-likeness (QED) is 0.765. The summed E-state index contributed by atoms with van der Waals surface area (Å²) in [6.45, 7) is 3.61. The smallest absolute Gasteiger partial charge is 0.0992 e. The van der Waals surface area contributed by atoms with Crippen LogP contribution in [0.2, 0.25) is 0 Å². The highest BCUT2D eigenvalue weighted by Crippen LogP contribution is 2.28. The van der Waals surface area contributed by atoms with Crippen LogP contribution in [0.1, 0.15) is 25.3 Å². The Morgan fingerprint density at radius 2 is 2.35 bits per heavy atom.